The highest BCUT2D eigenvalue weighted by Crippen LogP contribution is 2.33. The minimum atomic E-state index is -0.463. The first-order valence-corrected chi connectivity index (χ1v) is 6.90. The lowest BCUT2D eigenvalue weighted by Gasteiger charge is -2.16. The molecule has 1 aromatic heterocycles. The SMILES string of the molecule is COC(=O)c1sc(N2CCC(C(C)O)C2)nc1Cl. The minimum Gasteiger partial charge on any atom is -0.465 e. The summed E-state index contributed by atoms with van der Waals surface area (Å²) in [4.78, 5) is 18.0. The van der Waals surface area contributed by atoms with Crippen molar-refractivity contribution in [3.8, 4) is 0 Å². The molecule has 2 heterocycles. The van der Waals surface area contributed by atoms with Crippen molar-refractivity contribution < 1.29 is 14.6 Å². The number of rotatable bonds is 3. The Kier molecular flexibility index (Phi) is 4.09. The van der Waals surface area contributed by atoms with Gasteiger partial charge in [0.25, 0.3) is 0 Å². The van der Waals surface area contributed by atoms with Gasteiger partial charge in [-0.05, 0) is 13.3 Å². The van der Waals surface area contributed by atoms with Crippen LogP contribution in [0.15, 0.2) is 0 Å². The second-order valence-electron chi connectivity index (χ2n) is 4.34. The number of aliphatic hydroxyl groups is 1. The van der Waals surface area contributed by atoms with Crippen LogP contribution in [0.5, 0.6) is 0 Å². The summed E-state index contributed by atoms with van der Waals surface area (Å²) in [5.41, 5.74) is 0. The van der Waals surface area contributed by atoms with Crippen molar-refractivity contribution in [3.63, 3.8) is 0 Å². The molecule has 0 spiro atoms. The van der Waals surface area contributed by atoms with Gasteiger partial charge in [-0.2, -0.15) is 0 Å². The van der Waals surface area contributed by atoms with E-state index in [2.05, 4.69) is 9.72 Å². The third-order valence-corrected chi connectivity index (χ3v) is 4.60. The Hall–Kier alpha value is -0.850. The number of hydrogen-bond acceptors (Lipinski definition) is 6. The number of esters is 1. The average molecular weight is 291 g/mol. The second kappa shape index (κ2) is 5.42. The van der Waals surface area contributed by atoms with Gasteiger partial charge in [0, 0.05) is 19.0 Å². The summed E-state index contributed by atoms with van der Waals surface area (Å²) >= 11 is 7.15. The van der Waals surface area contributed by atoms with Crippen LogP contribution in [0.1, 0.15) is 23.0 Å². The number of carbonyl (C=O) groups excluding carboxylic acids is 1. The van der Waals surface area contributed by atoms with Gasteiger partial charge in [0.15, 0.2) is 15.2 Å². The number of nitrogens with zero attached hydrogens (tertiary/aromatic N) is 2. The Balaban J connectivity index is 2.13. The van der Waals surface area contributed by atoms with Crippen molar-refractivity contribution in [1.29, 1.82) is 0 Å². The number of thiazole rings is 1. The van der Waals surface area contributed by atoms with E-state index in [0.29, 0.717) is 10.0 Å². The van der Waals surface area contributed by atoms with Gasteiger partial charge < -0.3 is 14.7 Å². The molecule has 0 aromatic carbocycles. The lowest BCUT2D eigenvalue weighted by molar-refractivity contribution is 0.0606. The number of halogens is 1. The zero-order chi connectivity index (χ0) is 13.3. The minimum absolute atomic E-state index is 0.183. The van der Waals surface area contributed by atoms with Gasteiger partial charge in [-0.1, -0.05) is 22.9 Å². The molecule has 1 saturated heterocycles. The standard InChI is InChI=1S/C11H15ClN2O3S/c1-6(15)7-3-4-14(5-7)11-13-9(12)8(18-11)10(16)17-2/h6-7,15H,3-5H2,1-2H3. The van der Waals surface area contributed by atoms with Crippen LogP contribution >= 0.6 is 22.9 Å². The Labute approximate surface area is 114 Å². The molecule has 1 aliphatic rings. The van der Waals surface area contributed by atoms with E-state index < -0.39 is 5.97 Å². The highest BCUT2D eigenvalue weighted by atomic mass is 35.5. The van der Waals surface area contributed by atoms with E-state index in [4.69, 9.17) is 11.6 Å². The van der Waals surface area contributed by atoms with Gasteiger partial charge in [0.1, 0.15) is 0 Å². The fourth-order valence-electron chi connectivity index (χ4n) is 2.00. The summed E-state index contributed by atoms with van der Waals surface area (Å²) in [5.74, 6) is -0.218. The molecule has 0 saturated carbocycles. The van der Waals surface area contributed by atoms with Crippen LogP contribution in [0.4, 0.5) is 5.13 Å². The first-order chi connectivity index (χ1) is 8.52. The molecule has 7 heteroatoms. The molecule has 0 amide bonds. The first-order valence-electron chi connectivity index (χ1n) is 5.70. The third-order valence-electron chi connectivity index (χ3n) is 3.12. The zero-order valence-electron chi connectivity index (χ0n) is 10.2. The number of anilines is 1. The maximum atomic E-state index is 11.4. The molecule has 5 nitrogen and oxygen atoms in total. The molecule has 1 aromatic rings. The molecule has 1 aliphatic heterocycles. The van der Waals surface area contributed by atoms with Crippen molar-refractivity contribution in [2.45, 2.75) is 19.4 Å². The topological polar surface area (TPSA) is 62.7 Å². The summed E-state index contributed by atoms with van der Waals surface area (Å²) in [6.07, 6.45) is 0.591. The second-order valence-corrected chi connectivity index (χ2v) is 5.68. The molecular weight excluding hydrogens is 276 g/mol. The normalized spacial score (nSPS) is 21.1. The number of aliphatic hydroxyl groups excluding tert-OH is 1. The molecule has 1 fully saturated rings. The quantitative estimate of drug-likeness (QED) is 0.860. The first kappa shape index (κ1) is 13.6. The Bertz CT molecular complexity index is 449. The molecule has 0 radical (unpaired) electrons. The largest absolute Gasteiger partial charge is 0.465 e. The third kappa shape index (κ3) is 2.60. The van der Waals surface area contributed by atoms with Gasteiger partial charge in [-0.3, -0.25) is 0 Å². The van der Waals surface area contributed by atoms with Crippen LogP contribution in [0.25, 0.3) is 0 Å². The molecule has 0 bridgehead atoms. The van der Waals surface area contributed by atoms with E-state index in [-0.39, 0.29) is 17.2 Å². The fourth-order valence-corrected chi connectivity index (χ4v) is 3.23. The van der Waals surface area contributed by atoms with E-state index in [0.717, 1.165) is 19.5 Å². The van der Waals surface area contributed by atoms with Gasteiger partial charge >= 0.3 is 5.97 Å². The summed E-state index contributed by atoms with van der Waals surface area (Å²) in [7, 11) is 1.32. The van der Waals surface area contributed by atoms with Crippen molar-refractivity contribution in [1.82, 2.24) is 4.98 Å². The van der Waals surface area contributed by atoms with Crippen molar-refractivity contribution in [2.24, 2.45) is 5.92 Å². The van der Waals surface area contributed by atoms with Crippen LogP contribution in [-0.2, 0) is 4.74 Å². The van der Waals surface area contributed by atoms with Crippen LogP contribution in [0.2, 0.25) is 5.15 Å². The molecule has 2 unspecified atom stereocenters. The van der Waals surface area contributed by atoms with Gasteiger partial charge in [-0.15, -0.1) is 0 Å². The molecule has 2 atom stereocenters. The number of carbonyl (C=O) groups is 1. The van der Waals surface area contributed by atoms with Crippen LogP contribution in [0.3, 0.4) is 0 Å². The van der Waals surface area contributed by atoms with E-state index in [1.807, 2.05) is 4.90 Å². The number of ether oxygens (including phenoxy) is 1. The summed E-state index contributed by atoms with van der Waals surface area (Å²) in [6, 6.07) is 0. The summed E-state index contributed by atoms with van der Waals surface area (Å²) < 4.78 is 4.64. The fraction of sp³-hybridized carbons (Fsp3) is 0.636. The Morgan fingerprint density at radius 1 is 1.72 bits per heavy atom. The Morgan fingerprint density at radius 3 is 3.00 bits per heavy atom. The van der Waals surface area contributed by atoms with Crippen LogP contribution in [0, 0.1) is 5.92 Å². The summed E-state index contributed by atoms with van der Waals surface area (Å²) in [5, 5.41) is 10.5. The van der Waals surface area contributed by atoms with Gasteiger partial charge in [0.05, 0.1) is 13.2 Å². The molecule has 100 valence electrons. The highest BCUT2D eigenvalue weighted by molar-refractivity contribution is 7.18. The number of aromatic nitrogens is 1. The zero-order valence-corrected chi connectivity index (χ0v) is 11.8. The number of methoxy groups -OCH3 is 1. The maximum absolute atomic E-state index is 11.4. The molecule has 0 aliphatic carbocycles. The van der Waals surface area contributed by atoms with Crippen molar-refractivity contribution in [3.05, 3.63) is 10.0 Å². The summed E-state index contributed by atoms with van der Waals surface area (Å²) in [6.45, 7) is 3.35. The van der Waals surface area contributed by atoms with Crippen molar-refractivity contribution in [2.75, 3.05) is 25.1 Å². The lowest BCUT2D eigenvalue weighted by Crippen LogP contribution is -2.23. The van der Waals surface area contributed by atoms with Crippen LogP contribution in [-0.4, -0.2) is 42.4 Å². The molecule has 1 N–H and O–H groups in total. The van der Waals surface area contributed by atoms with E-state index in [9.17, 15) is 9.90 Å². The van der Waals surface area contributed by atoms with E-state index in [1.165, 1.54) is 18.4 Å². The predicted octanol–water partition coefficient (Wildman–Crippen LogP) is 1.79. The highest BCUT2D eigenvalue weighted by Gasteiger charge is 2.29. The van der Waals surface area contributed by atoms with E-state index in [1.54, 1.807) is 6.92 Å². The Morgan fingerprint density at radius 2 is 2.44 bits per heavy atom. The van der Waals surface area contributed by atoms with E-state index >= 15 is 0 Å². The van der Waals surface area contributed by atoms with Crippen LogP contribution < -0.4 is 4.90 Å². The predicted molar refractivity (Wildman–Crippen MR) is 70.5 cm³/mol. The monoisotopic (exact) mass is 290 g/mol. The number of hydrogen-bond donors (Lipinski definition) is 1. The average Bonchev–Trinajstić information content (AvgIpc) is 2.94. The molecule has 18 heavy (non-hydrogen) atoms. The maximum Gasteiger partial charge on any atom is 0.351 e. The lowest BCUT2D eigenvalue weighted by atomic mass is 10.0. The van der Waals surface area contributed by atoms with Gasteiger partial charge in [0.2, 0.25) is 0 Å². The smallest absolute Gasteiger partial charge is 0.351 e. The van der Waals surface area contributed by atoms with Crippen molar-refractivity contribution >= 4 is 34.0 Å². The molecule has 2 rings (SSSR count). The van der Waals surface area contributed by atoms with Gasteiger partial charge in [-0.25, -0.2) is 9.78 Å². The molecular formula is C11H15ClN2O3S.